The molecular weight excluding hydrogens is 130 g/mol. The molecule has 0 aliphatic carbocycles. The van der Waals surface area contributed by atoms with Crippen molar-refractivity contribution in [2.24, 2.45) is 0 Å². The molecule has 1 aliphatic heterocycles. The summed E-state index contributed by atoms with van der Waals surface area (Å²) in [5.41, 5.74) is 1.21. The van der Waals surface area contributed by atoms with E-state index in [1.807, 2.05) is 6.08 Å². The lowest BCUT2D eigenvalue weighted by Gasteiger charge is -2.15. The highest BCUT2D eigenvalue weighted by molar-refractivity contribution is 7.84. The number of hydrogen-bond acceptors (Lipinski definition) is 2. The summed E-state index contributed by atoms with van der Waals surface area (Å²) in [6.45, 7) is 2.17. The van der Waals surface area contributed by atoms with Crippen LogP contribution in [0.2, 0.25) is 0 Å². The minimum absolute atomic E-state index is 0.970. The molecule has 0 amide bonds. The average Bonchev–Trinajstić information content (AvgIpc) is 1.78. The Hall–Kier alpha value is -0.370. The first kappa shape index (κ1) is 6.75. The quantitative estimate of drug-likeness (QED) is 0.561. The van der Waals surface area contributed by atoms with Gasteiger partial charge in [-0.3, -0.25) is 0 Å². The first-order valence-electron chi connectivity index (χ1n) is 3.20. The average molecular weight is 141 g/mol. The highest BCUT2D eigenvalue weighted by atomic mass is 32.1. The third-order valence-corrected chi connectivity index (χ3v) is 1.46. The summed E-state index contributed by atoms with van der Waals surface area (Å²) in [4.78, 5) is 0. The summed E-state index contributed by atoms with van der Waals surface area (Å²) in [5.74, 6) is 0. The molecule has 1 rings (SSSR count). The van der Waals surface area contributed by atoms with Crippen molar-refractivity contribution in [3.63, 3.8) is 0 Å². The third-order valence-electron chi connectivity index (χ3n) is 1.22. The zero-order valence-corrected chi connectivity index (χ0v) is 6.41. The molecule has 0 aromatic heterocycles. The molecule has 9 heavy (non-hydrogen) atoms. The summed E-state index contributed by atoms with van der Waals surface area (Å²) in [5, 5.41) is 4.03. The fourth-order valence-electron chi connectivity index (χ4n) is 0.699. The van der Waals surface area contributed by atoms with Crippen LogP contribution < -0.4 is 5.32 Å². The molecule has 2 heteroatoms. The van der Waals surface area contributed by atoms with Crippen LogP contribution in [0.5, 0.6) is 0 Å². The Balaban J connectivity index is 2.31. The lowest BCUT2D eigenvalue weighted by Crippen LogP contribution is -2.17. The monoisotopic (exact) mass is 141 g/mol. The predicted octanol–water partition coefficient (Wildman–Crippen LogP) is 2.04. The van der Waals surface area contributed by atoms with Crippen LogP contribution in [0.4, 0.5) is 0 Å². The Morgan fingerprint density at radius 2 is 2.44 bits per heavy atom. The number of allylic oxidation sites excluding steroid dienone is 2. The van der Waals surface area contributed by atoms with E-state index >= 15 is 0 Å². The van der Waals surface area contributed by atoms with Crippen LogP contribution >= 0.6 is 12.6 Å². The lowest BCUT2D eigenvalue weighted by molar-refractivity contribution is 0.914. The van der Waals surface area contributed by atoms with Crippen molar-refractivity contribution in [2.75, 3.05) is 0 Å². The van der Waals surface area contributed by atoms with Gasteiger partial charge in [0.15, 0.2) is 0 Å². The second kappa shape index (κ2) is 2.97. The molecule has 0 bridgehead atoms. The zero-order chi connectivity index (χ0) is 6.69. The van der Waals surface area contributed by atoms with E-state index in [-0.39, 0.29) is 0 Å². The Morgan fingerprint density at radius 1 is 1.78 bits per heavy atom. The fourth-order valence-corrected chi connectivity index (χ4v) is 0.968. The van der Waals surface area contributed by atoms with E-state index in [4.69, 9.17) is 0 Å². The standard InChI is InChI=1S/C7H11NS/c1-2-3-4-6-5-7(9)8-6/h4-5,8-9H,2-3H2,1H3/b6-4+. The SMILES string of the molecule is CCC/C=C1\C=C(S)N1. The number of unbranched alkanes of at least 4 members (excludes halogenated alkanes) is 1. The molecule has 0 unspecified atom stereocenters. The van der Waals surface area contributed by atoms with Crippen molar-refractivity contribution in [1.82, 2.24) is 5.32 Å². The number of nitrogens with one attached hydrogen (secondary N) is 1. The van der Waals surface area contributed by atoms with Crippen LogP contribution in [0.15, 0.2) is 22.9 Å². The van der Waals surface area contributed by atoms with Crippen molar-refractivity contribution in [2.45, 2.75) is 19.8 Å². The molecule has 1 heterocycles. The topological polar surface area (TPSA) is 12.0 Å². The molecule has 0 fully saturated rings. The van der Waals surface area contributed by atoms with Gasteiger partial charge in [0, 0.05) is 5.70 Å². The number of hydrogen-bond donors (Lipinski definition) is 2. The molecule has 50 valence electrons. The second-order valence-corrected chi connectivity index (χ2v) is 2.58. The van der Waals surface area contributed by atoms with E-state index in [9.17, 15) is 0 Å². The van der Waals surface area contributed by atoms with Gasteiger partial charge in [-0.2, -0.15) is 0 Å². The fraction of sp³-hybridized carbons (Fsp3) is 0.429. The van der Waals surface area contributed by atoms with Gasteiger partial charge in [-0.05, 0) is 12.5 Å². The van der Waals surface area contributed by atoms with Gasteiger partial charge in [0.2, 0.25) is 0 Å². The molecule has 0 saturated heterocycles. The molecule has 0 atom stereocenters. The van der Waals surface area contributed by atoms with Crippen LogP contribution in [-0.4, -0.2) is 0 Å². The number of thiol groups is 1. The lowest BCUT2D eigenvalue weighted by atomic mass is 10.2. The molecule has 0 saturated carbocycles. The maximum absolute atomic E-state index is 4.08. The Kier molecular flexibility index (Phi) is 2.22. The second-order valence-electron chi connectivity index (χ2n) is 2.10. The van der Waals surface area contributed by atoms with E-state index in [0.717, 1.165) is 11.4 Å². The molecular formula is C7H11NS. The van der Waals surface area contributed by atoms with Crippen LogP contribution in [0.25, 0.3) is 0 Å². The molecule has 0 aromatic carbocycles. The van der Waals surface area contributed by atoms with Gasteiger partial charge in [0.05, 0.1) is 5.03 Å². The van der Waals surface area contributed by atoms with E-state index < -0.39 is 0 Å². The van der Waals surface area contributed by atoms with Gasteiger partial charge in [-0.25, -0.2) is 0 Å². The smallest absolute Gasteiger partial charge is 0.0715 e. The van der Waals surface area contributed by atoms with Crippen LogP contribution in [0, 0.1) is 0 Å². The first-order valence-corrected chi connectivity index (χ1v) is 3.65. The van der Waals surface area contributed by atoms with Gasteiger partial charge in [-0.1, -0.05) is 19.4 Å². The van der Waals surface area contributed by atoms with Crippen LogP contribution in [0.3, 0.4) is 0 Å². The number of rotatable bonds is 2. The van der Waals surface area contributed by atoms with Crippen molar-refractivity contribution < 1.29 is 0 Å². The van der Waals surface area contributed by atoms with Gasteiger partial charge in [0.1, 0.15) is 0 Å². The Bertz CT molecular complexity index is 158. The first-order chi connectivity index (χ1) is 4.33. The molecule has 1 N–H and O–H groups in total. The molecule has 0 radical (unpaired) electrons. The van der Waals surface area contributed by atoms with E-state index in [1.165, 1.54) is 12.1 Å². The molecule has 0 spiro atoms. The minimum Gasteiger partial charge on any atom is -0.351 e. The Labute approximate surface area is 61.2 Å². The summed E-state index contributed by atoms with van der Waals surface area (Å²) in [6.07, 6.45) is 6.57. The zero-order valence-electron chi connectivity index (χ0n) is 5.52. The summed E-state index contributed by atoms with van der Waals surface area (Å²) in [6, 6.07) is 0. The Morgan fingerprint density at radius 3 is 2.89 bits per heavy atom. The summed E-state index contributed by atoms with van der Waals surface area (Å²) < 4.78 is 0. The highest BCUT2D eigenvalue weighted by Gasteiger charge is 2.03. The minimum atomic E-state index is 0.970. The van der Waals surface area contributed by atoms with Gasteiger partial charge < -0.3 is 5.32 Å². The van der Waals surface area contributed by atoms with Crippen molar-refractivity contribution in [3.05, 3.63) is 22.9 Å². The predicted molar refractivity (Wildman–Crippen MR) is 43.2 cm³/mol. The van der Waals surface area contributed by atoms with E-state index in [0.29, 0.717) is 0 Å². The van der Waals surface area contributed by atoms with Crippen molar-refractivity contribution in [1.29, 1.82) is 0 Å². The summed E-state index contributed by atoms with van der Waals surface area (Å²) in [7, 11) is 0. The van der Waals surface area contributed by atoms with Gasteiger partial charge in [-0.15, -0.1) is 12.6 Å². The van der Waals surface area contributed by atoms with Gasteiger partial charge >= 0.3 is 0 Å². The molecule has 0 aromatic rings. The van der Waals surface area contributed by atoms with Crippen molar-refractivity contribution in [3.8, 4) is 0 Å². The van der Waals surface area contributed by atoms with Crippen LogP contribution in [-0.2, 0) is 0 Å². The third kappa shape index (κ3) is 1.79. The maximum atomic E-state index is 4.08. The van der Waals surface area contributed by atoms with E-state index in [2.05, 4.69) is 30.9 Å². The van der Waals surface area contributed by atoms with E-state index in [1.54, 1.807) is 0 Å². The summed E-state index contributed by atoms with van der Waals surface area (Å²) >= 11 is 4.08. The highest BCUT2D eigenvalue weighted by Crippen LogP contribution is 2.14. The van der Waals surface area contributed by atoms with Gasteiger partial charge in [0.25, 0.3) is 0 Å². The van der Waals surface area contributed by atoms with Crippen molar-refractivity contribution >= 4 is 12.6 Å². The largest absolute Gasteiger partial charge is 0.351 e. The van der Waals surface area contributed by atoms with Crippen LogP contribution in [0.1, 0.15) is 19.8 Å². The molecule has 1 nitrogen and oxygen atoms in total. The normalized spacial score (nSPS) is 20.7. The maximum Gasteiger partial charge on any atom is 0.0715 e. The molecule has 1 aliphatic rings.